The van der Waals surface area contributed by atoms with Crippen LogP contribution in [0.1, 0.15) is 31.6 Å². The van der Waals surface area contributed by atoms with Crippen LogP contribution in [-0.2, 0) is 6.54 Å². The number of aliphatic hydroxyl groups is 1. The van der Waals surface area contributed by atoms with Crippen molar-refractivity contribution in [3.63, 3.8) is 0 Å². The molecule has 4 nitrogen and oxygen atoms in total. The molecule has 0 bridgehead atoms. The van der Waals surface area contributed by atoms with Crippen LogP contribution in [0.25, 0.3) is 11.0 Å². The maximum atomic E-state index is 9.30. The average molecular weight is 259 g/mol. The topological polar surface area (TPSA) is 50.1 Å². The molecule has 2 atom stereocenters. The van der Waals surface area contributed by atoms with Crippen LogP contribution in [0.2, 0.25) is 0 Å². The molecule has 2 heterocycles. The summed E-state index contributed by atoms with van der Waals surface area (Å²) in [5, 5.41) is 12.9. The van der Waals surface area contributed by atoms with Crippen LogP contribution in [0, 0.1) is 5.92 Å². The Morgan fingerprint density at radius 3 is 3.05 bits per heavy atom. The molecule has 19 heavy (non-hydrogen) atoms. The summed E-state index contributed by atoms with van der Waals surface area (Å²) in [6, 6.07) is 8.47. The standard InChI is InChI=1S/C15H21N3O/c1-11-6-7-16-13(10-11)15-17-12-4-2-3-5-14(12)18(15)8-9-19/h2-5,11,13,16,19H,6-10H2,1H3. The van der Waals surface area contributed by atoms with Crippen LogP contribution in [0.5, 0.6) is 0 Å². The number of rotatable bonds is 3. The van der Waals surface area contributed by atoms with Gasteiger partial charge >= 0.3 is 0 Å². The number of hydrogen-bond acceptors (Lipinski definition) is 3. The highest BCUT2D eigenvalue weighted by molar-refractivity contribution is 5.76. The molecule has 2 unspecified atom stereocenters. The smallest absolute Gasteiger partial charge is 0.127 e. The second-order valence-electron chi connectivity index (χ2n) is 5.47. The first kappa shape index (κ1) is 12.6. The van der Waals surface area contributed by atoms with Crippen LogP contribution >= 0.6 is 0 Å². The Balaban J connectivity index is 2.03. The summed E-state index contributed by atoms with van der Waals surface area (Å²) >= 11 is 0. The number of nitrogens with one attached hydrogen (secondary N) is 1. The molecule has 2 N–H and O–H groups in total. The van der Waals surface area contributed by atoms with Crippen LogP contribution in [-0.4, -0.2) is 27.8 Å². The van der Waals surface area contributed by atoms with Crippen molar-refractivity contribution in [1.29, 1.82) is 0 Å². The minimum atomic E-state index is 0.148. The van der Waals surface area contributed by atoms with Crippen LogP contribution in [0.4, 0.5) is 0 Å². The van der Waals surface area contributed by atoms with Crippen molar-refractivity contribution in [2.24, 2.45) is 5.92 Å². The fraction of sp³-hybridized carbons (Fsp3) is 0.533. The summed E-state index contributed by atoms with van der Waals surface area (Å²) in [4.78, 5) is 4.78. The molecule has 102 valence electrons. The number of aromatic nitrogens is 2. The molecule has 0 amide bonds. The fourth-order valence-corrected chi connectivity index (χ4v) is 3.00. The molecule has 1 saturated heterocycles. The van der Waals surface area contributed by atoms with Crippen molar-refractivity contribution >= 4 is 11.0 Å². The Morgan fingerprint density at radius 2 is 2.26 bits per heavy atom. The lowest BCUT2D eigenvalue weighted by Crippen LogP contribution is -2.32. The molecular weight excluding hydrogens is 238 g/mol. The van der Waals surface area contributed by atoms with Crippen molar-refractivity contribution < 1.29 is 5.11 Å². The van der Waals surface area contributed by atoms with Crippen molar-refractivity contribution in [3.8, 4) is 0 Å². The first-order valence-electron chi connectivity index (χ1n) is 7.09. The molecule has 0 aliphatic carbocycles. The molecule has 3 rings (SSSR count). The average Bonchev–Trinajstić information content (AvgIpc) is 2.79. The van der Waals surface area contributed by atoms with E-state index in [1.807, 2.05) is 18.2 Å². The van der Waals surface area contributed by atoms with Gasteiger partial charge in [0, 0.05) is 6.54 Å². The molecule has 1 fully saturated rings. The first-order valence-corrected chi connectivity index (χ1v) is 7.09. The van der Waals surface area contributed by atoms with E-state index < -0.39 is 0 Å². The summed E-state index contributed by atoms with van der Waals surface area (Å²) in [6.45, 7) is 4.11. The number of fused-ring (bicyclic) bond motifs is 1. The van der Waals surface area contributed by atoms with E-state index in [4.69, 9.17) is 4.98 Å². The van der Waals surface area contributed by atoms with Gasteiger partial charge in [-0.05, 0) is 37.4 Å². The molecule has 0 radical (unpaired) electrons. The molecule has 1 aliphatic rings. The fourth-order valence-electron chi connectivity index (χ4n) is 3.00. The van der Waals surface area contributed by atoms with Gasteiger partial charge in [0.1, 0.15) is 5.82 Å². The zero-order valence-electron chi connectivity index (χ0n) is 11.3. The number of imidazole rings is 1. The molecule has 2 aromatic rings. The van der Waals surface area contributed by atoms with E-state index in [1.165, 1.54) is 6.42 Å². The highest BCUT2D eigenvalue weighted by Gasteiger charge is 2.24. The van der Waals surface area contributed by atoms with E-state index in [0.717, 1.165) is 35.7 Å². The molecule has 4 heteroatoms. The summed E-state index contributed by atoms with van der Waals surface area (Å²) < 4.78 is 2.16. The van der Waals surface area contributed by atoms with E-state index >= 15 is 0 Å². The largest absolute Gasteiger partial charge is 0.395 e. The summed E-state index contributed by atoms with van der Waals surface area (Å²) in [5.41, 5.74) is 2.14. The van der Waals surface area contributed by atoms with E-state index in [1.54, 1.807) is 0 Å². The van der Waals surface area contributed by atoms with Crippen LogP contribution < -0.4 is 5.32 Å². The van der Waals surface area contributed by atoms with Gasteiger partial charge in [-0.2, -0.15) is 0 Å². The summed E-state index contributed by atoms with van der Waals surface area (Å²) in [6.07, 6.45) is 2.35. The predicted molar refractivity (Wildman–Crippen MR) is 76.0 cm³/mol. The molecular formula is C15H21N3O. The van der Waals surface area contributed by atoms with Gasteiger partial charge in [0.25, 0.3) is 0 Å². The Bertz CT molecular complexity index is 564. The molecule has 0 spiro atoms. The third-order valence-corrected chi connectivity index (χ3v) is 3.99. The minimum Gasteiger partial charge on any atom is -0.395 e. The highest BCUT2D eigenvalue weighted by Crippen LogP contribution is 2.28. The third-order valence-electron chi connectivity index (χ3n) is 3.99. The van der Waals surface area contributed by atoms with Gasteiger partial charge in [-0.1, -0.05) is 19.1 Å². The lowest BCUT2D eigenvalue weighted by molar-refractivity contribution is 0.266. The van der Waals surface area contributed by atoms with E-state index in [0.29, 0.717) is 12.6 Å². The van der Waals surface area contributed by atoms with E-state index in [9.17, 15) is 5.11 Å². The number of aliphatic hydroxyl groups excluding tert-OH is 1. The van der Waals surface area contributed by atoms with E-state index in [2.05, 4.69) is 22.9 Å². The Kier molecular flexibility index (Phi) is 3.53. The SMILES string of the molecule is CC1CCNC(c2nc3ccccc3n2CCO)C1. The number of hydrogen-bond donors (Lipinski definition) is 2. The zero-order valence-corrected chi connectivity index (χ0v) is 11.3. The van der Waals surface area contributed by atoms with Gasteiger partial charge in [-0.15, -0.1) is 0 Å². The van der Waals surface area contributed by atoms with Crippen LogP contribution in [0.3, 0.4) is 0 Å². The second-order valence-corrected chi connectivity index (χ2v) is 5.47. The number of benzene rings is 1. The predicted octanol–water partition coefficient (Wildman–Crippen LogP) is 2.09. The Morgan fingerprint density at radius 1 is 1.42 bits per heavy atom. The van der Waals surface area contributed by atoms with Gasteiger partial charge in [0.15, 0.2) is 0 Å². The number of piperidine rings is 1. The van der Waals surface area contributed by atoms with Gasteiger partial charge < -0.3 is 15.0 Å². The normalized spacial score (nSPS) is 23.9. The molecule has 1 aliphatic heterocycles. The molecule has 1 aromatic heterocycles. The van der Waals surface area contributed by atoms with Gasteiger partial charge in [-0.25, -0.2) is 4.98 Å². The zero-order chi connectivity index (χ0) is 13.2. The quantitative estimate of drug-likeness (QED) is 0.887. The minimum absolute atomic E-state index is 0.148. The maximum absolute atomic E-state index is 9.30. The number of para-hydroxylation sites is 2. The molecule has 1 aromatic carbocycles. The van der Waals surface area contributed by atoms with Gasteiger partial charge in [0.05, 0.1) is 23.7 Å². The summed E-state index contributed by atoms with van der Waals surface area (Å²) in [5.74, 6) is 1.80. The Hall–Kier alpha value is -1.39. The van der Waals surface area contributed by atoms with Gasteiger partial charge in [0.2, 0.25) is 0 Å². The van der Waals surface area contributed by atoms with Crippen molar-refractivity contribution in [2.75, 3.05) is 13.2 Å². The van der Waals surface area contributed by atoms with Crippen molar-refractivity contribution in [3.05, 3.63) is 30.1 Å². The first-order chi connectivity index (χ1) is 9.29. The van der Waals surface area contributed by atoms with Crippen molar-refractivity contribution in [2.45, 2.75) is 32.4 Å². The maximum Gasteiger partial charge on any atom is 0.127 e. The number of nitrogens with zero attached hydrogens (tertiary/aromatic N) is 2. The lowest BCUT2D eigenvalue weighted by atomic mass is 9.94. The Labute approximate surface area is 113 Å². The lowest BCUT2D eigenvalue weighted by Gasteiger charge is -2.28. The molecule has 0 saturated carbocycles. The van der Waals surface area contributed by atoms with Crippen LogP contribution in [0.15, 0.2) is 24.3 Å². The summed E-state index contributed by atoms with van der Waals surface area (Å²) in [7, 11) is 0. The van der Waals surface area contributed by atoms with Gasteiger partial charge in [-0.3, -0.25) is 0 Å². The van der Waals surface area contributed by atoms with E-state index in [-0.39, 0.29) is 6.61 Å². The highest BCUT2D eigenvalue weighted by atomic mass is 16.3. The van der Waals surface area contributed by atoms with Crippen molar-refractivity contribution in [1.82, 2.24) is 14.9 Å². The third kappa shape index (κ3) is 2.38. The monoisotopic (exact) mass is 259 g/mol. The second kappa shape index (κ2) is 5.31.